The van der Waals surface area contributed by atoms with E-state index in [-0.39, 0.29) is 6.04 Å². The summed E-state index contributed by atoms with van der Waals surface area (Å²) in [5.74, 6) is 0.854. The zero-order valence-corrected chi connectivity index (χ0v) is 18.1. The Morgan fingerprint density at radius 3 is 2.75 bits per heavy atom. The number of aryl methyl sites for hydroxylation is 2. The lowest BCUT2D eigenvalue weighted by molar-refractivity contribution is 0.623. The number of fused-ring (bicyclic) bond motifs is 1. The van der Waals surface area contributed by atoms with Crippen molar-refractivity contribution in [2.75, 3.05) is 25.0 Å². The number of nitrogens with zero attached hydrogens (tertiary/aromatic N) is 4. The number of rotatable bonds is 6. The van der Waals surface area contributed by atoms with Crippen LogP contribution >= 0.6 is 0 Å². The molecular formula is C22H34N6. The van der Waals surface area contributed by atoms with Crippen molar-refractivity contribution in [3.63, 3.8) is 0 Å². The molecule has 6 heteroatoms. The maximum atomic E-state index is 4.52. The van der Waals surface area contributed by atoms with Gasteiger partial charge in [-0.05, 0) is 57.7 Å². The van der Waals surface area contributed by atoms with Gasteiger partial charge in [0.2, 0.25) is 0 Å². The average Bonchev–Trinajstić information content (AvgIpc) is 3.11. The van der Waals surface area contributed by atoms with E-state index < -0.39 is 0 Å². The summed E-state index contributed by atoms with van der Waals surface area (Å²) in [6.07, 6.45) is 2.06. The van der Waals surface area contributed by atoms with Crippen LogP contribution in [0.3, 0.4) is 0 Å². The van der Waals surface area contributed by atoms with Crippen LogP contribution in [0.15, 0.2) is 29.3 Å². The maximum Gasteiger partial charge on any atom is 0.191 e. The number of hydrogen-bond acceptors (Lipinski definition) is 3. The molecule has 0 bridgehead atoms. The van der Waals surface area contributed by atoms with Gasteiger partial charge in [-0.1, -0.05) is 18.2 Å². The Labute approximate surface area is 169 Å². The van der Waals surface area contributed by atoms with E-state index >= 15 is 0 Å². The maximum absolute atomic E-state index is 4.52. The summed E-state index contributed by atoms with van der Waals surface area (Å²) < 4.78 is 1.96. The molecule has 2 N–H and O–H groups in total. The second-order valence-electron chi connectivity index (χ2n) is 7.90. The van der Waals surface area contributed by atoms with Crippen molar-refractivity contribution < 1.29 is 0 Å². The Morgan fingerprint density at radius 2 is 2.07 bits per heavy atom. The SMILES string of the molecule is CN=C(NCCN1c2ccccc2CC1C)NC(C)Cc1c(C)nn(C)c1C. The lowest BCUT2D eigenvalue weighted by Gasteiger charge is -2.26. The second-order valence-corrected chi connectivity index (χ2v) is 7.90. The van der Waals surface area contributed by atoms with Crippen LogP contribution in [0.25, 0.3) is 0 Å². The third-order valence-corrected chi connectivity index (χ3v) is 5.77. The topological polar surface area (TPSA) is 57.5 Å². The summed E-state index contributed by atoms with van der Waals surface area (Å²) in [5, 5.41) is 11.5. The van der Waals surface area contributed by atoms with E-state index in [0.717, 1.165) is 37.6 Å². The van der Waals surface area contributed by atoms with Crippen LogP contribution in [0.1, 0.15) is 36.4 Å². The highest BCUT2D eigenvalue weighted by molar-refractivity contribution is 5.80. The number of nitrogens with one attached hydrogen (secondary N) is 2. The van der Waals surface area contributed by atoms with Crippen LogP contribution in [-0.4, -0.2) is 48.0 Å². The predicted molar refractivity (Wildman–Crippen MR) is 117 cm³/mol. The largest absolute Gasteiger partial charge is 0.367 e. The Kier molecular flexibility index (Phi) is 6.27. The number of aromatic nitrogens is 2. The first-order valence-corrected chi connectivity index (χ1v) is 10.2. The Hall–Kier alpha value is -2.50. The minimum Gasteiger partial charge on any atom is -0.367 e. The first-order chi connectivity index (χ1) is 13.4. The number of anilines is 1. The van der Waals surface area contributed by atoms with Crippen LogP contribution in [0.4, 0.5) is 5.69 Å². The smallest absolute Gasteiger partial charge is 0.191 e. The van der Waals surface area contributed by atoms with Crippen molar-refractivity contribution in [1.29, 1.82) is 0 Å². The molecule has 2 atom stereocenters. The first-order valence-electron chi connectivity index (χ1n) is 10.2. The highest BCUT2D eigenvalue weighted by Crippen LogP contribution is 2.31. The molecule has 0 radical (unpaired) electrons. The fraction of sp³-hybridized carbons (Fsp3) is 0.545. The van der Waals surface area contributed by atoms with Gasteiger partial charge in [0.05, 0.1) is 5.69 Å². The van der Waals surface area contributed by atoms with Crippen LogP contribution < -0.4 is 15.5 Å². The van der Waals surface area contributed by atoms with Gasteiger partial charge in [-0.25, -0.2) is 0 Å². The van der Waals surface area contributed by atoms with Gasteiger partial charge in [-0.3, -0.25) is 9.67 Å². The highest BCUT2D eigenvalue weighted by atomic mass is 15.3. The highest BCUT2D eigenvalue weighted by Gasteiger charge is 2.24. The average molecular weight is 383 g/mol. The van der Waals surface area contributed by atoms with Crippen LogP contribution in [0.2, 0.25) is 0 Å². The number of hydrogen-bond donors (Lipinski definition) is 2. The molecule has 0 saturated heterocycles. The van der Waals surface area contributed by atoms with E-state index in [9.17, 15) is 0 Å². The summed E-state index contributed by atoms with van der Waals surface area (Å²) in [6, 6.07) is 9.55. The quantitative estimate of drug-likeness (QED) is 0.596. The van der Waals surface area contributed by atoms with E-state index in [4.69, 9.17) is 0 Å². The molecular weight excluding hydrogens is 348 g/mol. The molecule has 1 aromatic heterocycles. The lowest BCUT2D eigenvalue weighted by Crippen LogP contribution is -2.46. The number of aliphatic imine (C=N–C) groups is 1. The molecule has 1 aromatic carbocycles. The van der Waals surface area contributed by atoms with E-state index in [1.165, 1.54) is 22.5 Å². The Bertz CT molecular complexity index is 838. The van der Waals surface area contributed by atoms with Crippen molar-refractivity contribution in [2.24, 2.45) is 12.0 Å². The molecule has 28 heavy (non-hydrogen) atoms. The fourth-order valence-corrected chi connectivity index (χ4v) is 4.16. The molecule has 0 fully saturated rings. The molecule has 1 aliphatic rings. The third kappa shape index (κ3) is 4.32. The van der Waals surface area contributed by atoms with Crippen molar-refractivity contribution >= 4 is 11.6 Å². The molecule has 1 aliphatic heterocycles. The van der Waals surface area contributed by atoms with Gasteiger partial charge in [0.25, 0.3) is 0 Å². The van der Waals surface area contributed by atoms with Crippen molar-refractivity contribution in [1.82, 2.24) is 20.4 Å². The summed E-state index contributed by atoms with van der Waals surface area (Å²) in [4.78, 5) is 6.89. The summed E-state index contributed by atoms with van der Waals surface area (Å²) >= 11 is 0. The minimum absolute atomic E-state index is 0.277. The van der Waals surface area contributed by atoms with Crippen LogP contribution in [0, 0.1) is 13.8 Å². The molecule has 0 amide bonds. The molecule has 0 aliphatic carbocycles. The minimum atomic E-state index is 0.277. The summed E-state index contributed by atoms with van der Waals surface area (Å²) in [7, 11) is 3.83. The molecule has 2 unspecified atom stereocenters. The second kappa shape index (κ2) is 8.67. The zero-order chi connectivity index (χ0) is 20.3. The summed E-state index contributed by atoms with van der Waals surface area (Å²) in [5.41, 5.74) is 6.48. The molecule has 0 saturated carbocycles. The molecule has 152 valence electrons. The van der Waals surface area contributed by atoms with E-state index in [2.05, 4.69) is 77.6 Å². The molecule has 2 aromatic rings. The van der Waals surface area contributed by atoms with Crippen LogP contribution in [-0.2, 0) is 19.9 Å². The van der Waals surface area contributed by atoms with Gasteiger partial charge in [-0.2, -0.15) is 5.10 Å². The molecule has 0 spiro atoms. The number of guanidine groups is 1. The Balaban J connectivity index is 1.51. The summed E-state index contributed by atoms with van der Waals surface area (Å²) in [6.45, 7) is 10.5. The van der Waals surface area contributed by atoms with Gasteiger partial charge in [-0.15, -0.1) is 0 Å². The van der Waals surface area contributed by atoms with Gasteiger partial charge < -0.3 is 15.5 Å². The monoisotopic (exact) mass is 382 g/mol. The van der Waals surface area contributed by atoms with Gasteiger partial charge in [0, 0.05) is 50.6 Å². The van der Waals surface area contributed by atoms with Crippen molar-refractivity contribution in [2.45, 2.75) is 52.6 Å². The van der Waals surface area contributed by atoms with Gasteiger partial charge >= 0.3 is 0 Å². The molecule has 2 heterocycles. The third-order valence-electron chi connectivity index (χ3n) is 5.77. The van der Waals surface area contributed by atoms with E-state index in [1.54, 1.807) is 0 Å². The number of benzene rings is 1. The molecule has 3 rings (SSSR count). The van der Waals surface area contributed by atoms with Crippen molar-refractivity contribution in [3.05, 3.63) is 46.8 Å². The fourth-order valence-electron chi connectivity index (χ4n) is 4.16. The lowest BCUT2D eigenvalue weighted by atomic mass is 10.1. The normalized spacial score (nSPS) is 17.6. The molecule has 6 nitrogen and oxygen atoms in total. The first kappa shape index (κ1) is 20.2. The Morgan fingerprint density at radius 1 is 1.32 bits per heavy atom. The van der Waals surface area contributed by atoms with Gasteiger partial charge in [0.15, 0.2) is 5.96 Å². The van der Waals surface area contributed by atoms with Gasteiger partial charge in [0.1, 0.15) is 0 Å². The van der Waals surface area contributed by atoms with E-state index in [1.807, 2.05) is 18.8 Å². The predicted octanol–water partition coefficient (Wildman–Crippen LogP) is 2.58. The number of para-hydroxylation sites is 1. The standard InChI is InChI=1S/C22H34N6/c1-15(13-20-17(3)26-27(6)18(20)4)25-22(23-5)24-11-12-28-16(2)14-19-9-7-8-10-21(19)28/h7-10,15-16H,11-14H2,1-6H3,(H2,23,24,25). The van der Waals surface area contributed by atoms with E-state index in [0.29, 0.717) is 6.04 Å². The van der Waals surface area contributed by atoms with Crippen molar-refractivity contribution in [3.8, 4) is 0 Å². The zero-order valence-electron chi connectivity index (χ0n) is 18.1. The van der Waals surface area contributed by atoms with Crippen LogP contribution in [0.5, 0.6) is 0 Å².